The number of H-pyrrole nitrogens is 1. The van der Waals surface area contributed by atoms with Crippen molar-refractivity contribution in [1.29, 1.82) is 0 Å². The highest BCUT2D eigenvalue weighted by Gasteiger charge is 2.22. The number of anilines is 3. The van der Waals surface area contributed by atoms with Gasteiger partial charge < -0.3 is 15.1 Å². The lowest BCUT2D eigenvalue weighted by atomic mass is 9.83. The number of aromatic amines is 1. The first kappa shape index (κ1) is 19.7. The molecule has 2 N–H and O–H groups in total. The number of rotatable bonds is 6. The normalized spacial score (nSPS) is 17.8. The zero-order valence-corrected chi connectivity index (χ0v) is 17.8. The number of benzene rings is 1. The minimum absolute atomic E-state index is 0.517. The number of nitrogens with zero attached hydrogens (tertiary/aromatic N) is 6. The van der Waals surface area contributed by atoms with Crippen molar-refractivity contribution in [3.05, 3.63) is 53.5 Å². The van der Waals surface area contributed by atoms with Crippen molar-refractivity contribution in [2.75, 3.05) is 43.4 Å². The summed E-state index contributed by atoms with van der Waals surface area (Å²) < 4.78 is 0. The van der Waals surface area contributed by atoms with E-state index in [4.69, 9.17) is 9.97 Å². The molecule has 1 saturated heterocycles. The molecule has 2 aromatic heterocycles. The Morgan fingerprint density at radius 2 is 1.81 bits per heavy atom. The van der Waals surface area contributed by atoms with E-state index in [1.165, 1.54) is 25.0 Å². The maximum absolute atomic E-state index is 4.72. The molecule has 1 aromatic carbocycles. The van der Waals surface area contributed by atoms with Crippen molar-refractivity contribution in [2.45, 2.75) is 25.2 Å². The smallest absolute Gasteiger partial charge is 0.233 e. The first-order valence-corrected chi connectivity index (χ1v) is 11.0. The third kappa shape index (κ3) is 4.74. The second-order valence-corrected chi connectivity index (χ2v) is 8.31. The highest BCUT2D eigenvalue weighted by Crippen LogP contribution is 2.36. The molecule has 0 unspecified atom stereocenters. The highest BCUT2D eigenvalue weighted by molar-refractivity contribution is 5.67. The van der Waals surface area contributed by atoms with Crippen molar-refractivity contribution >= 4 is 29.9 Å². The van der Waals surface area contributed by atoms with E-state index in [2.05, 4.69) is 55.5 Å². The predicted octanol–water partition coefficient (Wildman–Crippen LogP) is 3.53. The summed E-state index contributed by atoms with van der Waals surface area (Å²) in [6.07, 6.45) is 7.72. The summed E-state index contributed by atoms with van der Waals surface area (Å²) in [5, 5.41) is 10.9. The van der Waals surface area contributed by atoms with Crippen LogP contribution < -0.4 is 10.2 Å². The van der Waals surface area contributed by atoms with Gasteiger partial charge in [0.1, 0.15) is 0 Å². The fourth-order valence-corrected chi connectivity index (χ4v) is 3.84. The van der Waals surface area contributed by atoms with Gasteiger partial charge in [0.05, 0.1) is 0 Å². The molecule has 5 rings (SSSR count). The van der Waals surface area contributed by atoms with E-state index in [-0.39, 0.29) is 0 Å². The van der Waals surface area contributed by atoms with Crippen LogP contribution in [0.4, 0.5) is 17.7 Å². The van der Waals surface area contributed by atoms with Crippen LogP contribution in [0.3, 0.4) is 0 Å². The van der Waals surface area contributed by atoms with E-state index < -0.39 is 0 Å². The van der Waals surface area contributed by atoms with E-state index in [9.17, 15) is 0 Å². The number of hydrogen-bond donors (Lipinski definition) is 2. The second-order valence-electron chi connectivity index (χ2n) is 8.31. The minimum atomic E-state index is 0.517. The third-order valence-corrected chi connectivity index (χ3v) is 6.03. The van der Waals surface area contributed by atoms with E-state index in [0.29, 0.717) is 23.6 Å². The molecule has 31 heavy (non-hydrogen) atoms. The van der Waals surface area contributed by atoms with Gasteiger partial charge in [0.15, 0.2) is 11.6 Å². The summed E-state index contributed by atoms with van der Waals surface area (Å²) in [6.45, 7) is 3.79. The summed E-state index contributed by atoms with van der Waals surface area (Å²) in [6, 6.07) is 12.2. The van der Waals surface area contributed by atoms with Crippen molar-refractivity contribution in [2.24, 2.45) is 0 Å². The molecule has 0 bridgehead atoms. The Morgan fingerprint density at radius 1 is 1.00 bits per heavy atom. The largest absolute Gasteiger partial charge is 0.338 e. The van der Waals surface area contributed by atoms with Crippen LogP contribution in [0.5, 0.6) is 0 Å². The van der Waals surface area contributed by atoms with Gasteiger partial charge in [-0.1, -0.05) is 42.8 Å². The topological polar surface area (TPSA) is 85.9 Å². The van der Waals surface area contributed by atoms with E-state index in [0.717, 1.165) is 37.6 Å². The Balaban J connectivity index is 1.40. The van der Waals surface area contributed by atoms with Gasteiger partial charge in [-0.3, -0.25) is 5.10 Å². The van der Waals surface area contributed by atoms with E-state index in [1.54, 1.807) is 0 Å². The van der Waals surface area contributed by atoms with Gasteiger partial charge in [0, 0.05) is 43.9 Å². The van der Waals surface area contributed by atoms with Gasteiger partial charge in [-0.25, -0.2) is 0 Å². The zero-order valence-electron chi connectivity index (χ0n) is 17.8. The average Bonchev–Trinajstić information content (AvgIpc) is 3.19. The van der Waals surface area contributed by atoms with Crippen LogP contribution in [0.15, 0.2) is 36.4 Å². The maximum Gasteiger partial charge on any atom is 0.233 e. The van der Waals surface area contributed by atoms with E-state index in [1.807, 2.05) is 30.4 Å². The number of piperazine rings is 1. The molecule has 1 saturated carbocycles. The Bertz CT molecular complexity index is 1030. The summed E-state index contributed by atoms with van der Waals surface area (Å²) in [5.74, 6) is 3.20. The molecule has 2 aliphatic rings. The van der Waals surface area contributed by atoms with Crippen LogP contribution in [-0.4, -0.2) is 63.3 Å². The molecule has 3 aromatic rings. The molecule has 160 valence electrons. The Hall–Kier alpha value is -3.26. The molecular formula is C23H28N8. The van der Waals surface area contributed by atoms with Gasteiger partial charge in [-0.05, 0) is 31.5 Å². The summed E-state index contributed by atoms with van der Waals surface area (Å²) in [4.78, 5) is 18.6. The van der Waals surface area contributed by atoms with Crippen molar-refractivity contribution < 1.29 is 0 Å². The lowest BCUT2D eigenvalue weighted by molar-refractivity contribution is 0.311. The fourth-order valence-electron chi connectivity index (χ4n) is 3.84. The Morgan fingerprint density at radius 3 is 2.55 bits per heavy atom. The van der Waals surface area contributed by atoms with Gasteiger partial charge in [-0.15, -0.1) is 0 Å². The zero-order chi connectivity index (χ0) is 21.0. The van der Waals surface area contributed by atoms with Crippen LogP contribution >= 0.6 is 0 Å². The van der Waals surface area contributed by atoms with Crippen LogP contribution in [0.2, 0.25) is 0 Å². The molecular weight excluding hydrogens is 388 g/mol. The molecule has 3 heterocycles. The molecule has 0 spiro atoms. The molecule has 1 aliphatic carbocycles. The molecule has 0 radical (unpaired) electrons. The maximum atomic E-state index is 4.72. The molecule has 0 amide bonds. The first-order valence-electron chi connectivity index (χ1n) is 11.0. The highest BCUT2D eigenvalue weighted by atomic mass is 15.3. The van der Waals surface area contributed by atoms with Crippen molar-refractivity contribution in [1.82, 2.24) is 30.0 Å². The van der Waals surface area contributed by atoms with Gasteiger partial charge >= 0.3 is 0 Å². The van der Waals surface area contributed by atoms with Gasteiger partial charge in [-0.2, -0.15) is 20.1 Å². The Labute approximate surface area is 182 Å². The van der Waals surface area contributed by atoms with E-state index >= 15 is 0 Å². The predicted molar refractivity (Wildman–Crippen MR) is 123 cm³/mol. The number of likely N-dealkylation sites (N-methyl/N-ethyl adjacent to an activating group) is 1. The SMILES string of the molecule is CN1CCN(c2nc(/C=C/c3ccccc3)nc(Nc3cc(C4CCC4)[nH]n3)n2)CC1. The number of nitrogens with one attached hydrogen (secondary N) is 2. The monoisotopic (exact) mass is 416 g/mol. The first-order chi connectivity index (χ1) is 15.2. The van der Waals surface area contributed by atoms with Crippen molar-refractivity contribution in [3.63, 3.8) is 0 Å². The molecule has 8 nitrogen and oxygen atoms in total. The fraction of sp³-hybridized carbons (Fsp3) is 0.391. The second kappa shape index (κ2) is 8.85. The van der Waals surface area contributed by atoms with Crippen LogP contribution in [0, 0.1) is 0 Å². The minimum Gasteiger partial charge on any atom is -0.338 e. The summed E-state index contributed by atoms with van der Waals surface area (Å²) in [7, 11) is 2.14. The Kier molecular flexibility index (Phi) is 5.62. The van der Waals surface area contributed by atoms with Gasteiger partial charge in [0.25, 0.3) is 0 Å². The van der Waals surface area contributed by atoms with Crippen LogP contribution in [-0.2, 0) is 0 Å². The lowest BCUT2D eigenvalue weighted by Crippen LogP contribution is -2.45. The summed E-state index contributed by atoms with van der Waals surface area (Å²) >= 11 is 0. The quantitative estimate of drug-likeness (QED) is 0.636. The lowest BCUT2D eigenvalue weighted by Gasteiger charge is -2.32. The van der Waals surface area contributed by atoms with Crippen LogP contribution in [0.25, 0.3) is 12.2 Å². The summed E-state index contributed by atoms with van der Waals surface area (Å²) in [5.41, 5.74) is 2.29. The number of hydrogen-bond acceptors (Lipinski definition) is 7. The average molecular weight is 417 g/mol. The molecule has 8 heteroatoms. The van der Waals surface area contributed by atoms with Crippen molar-refractivity contribution in [3.8, 4) is 0 Å². The number of aromatic nitrogens is 5. The molecule has 2 fully saturated rings. The molecule has 0 atom stereocenters. The third-order valence-electron chi connectivity index (χ3n) is 6.03. The molecule has 1 aliphatic heterocycles. The van der Waals surface area contributed by atoms with Crippen LogP contribution in [0.1, 0.15) is 42.3 Å². The standard InChI is InChI=1S/C23H28N8/c1-30-12-14-31(15-13-30)23-26-20(11-10-17-6-3-2-4-7-17)24-22(27-23)25-21-16-19(28-29-21)18-8-5-9-18/h2-4,6-7,10-11,16,18H,5,8-9,12-15H2,1H3,(H2,24,25,26,27,28,29)/b11-10+. The van der Waals surface area contributed by atoms with Gasteiger partial charge in [0.2, 0.25) is 11.9 Å².